The van der Waals surface area contributed by atoms with Crippen molar-refractivity contribution in [1.82, 2.24) is 0 Å². The van der Waals surface area contributed by atoms with Crippen LogP contribution < -0.4 is 0 Å². The number of hydrogen-bond acceptors (Lipinski definition) is 4. The smallest absolute Gasteiger partial charge is 0.328 e. The van der Waals surface area contributed by atoms with Crippen molar-refractivity contribution in [2.24, 2.45) is 0 Å². The maximum atomic E-state index is 9.55. The van der Waals surface area contributed by atoms with Gasteiger partial charge in [0.2, 0.25) is 0 Å². The van der Waals surface area contributed by atoms with Crippen molar-refractivity contribution in [2.45, 2.75) is 0 Å². The van der Waals surface area contributed by atoms with Gasteiger partial charge in [-0.2, -0.15) is 0 Å². The van der Waals surface area contributed by atoms with E-state index in [2.05, 4.69) is 9.47 Å². The van der Waals surface area contributed by atoms with E-state index in [1.807, 2.05) is 0 Å². The lowest BCUT2D eigenvalue weighted by Gasteiger charge is -1.94. The molecule has 1 rings (SSSR count). The Morgan fingerprint density at radius 1 is 0.857 bits per heavy atom. The van der Waals surface area contributed by atoms with E-state index in [1.165, 1.54) is 25.0 Å². The Morgan fingerprint density at radius 2 is 1.14 bits per heavy atom. The number of carboxylic acid groups (broad SMARTS) is 2. The average Bonchev–Trinajstić information content (AvgIpc) is 2.18. The second-order valence-corrected chi connectivity index (χ2v) is 1.83. The third-order valence-corrected chi connectivity index (χ3v) is 0.794. The van der Waals surface area contributed by atoms with E-state index in [9.17, 15) is 9.59 Å². The molecule has 1 heterocycles. The molecule has 0 atom stereocenters. The van der Waals surface area contributed by atoms with Gasteiger partial charge in [0.15, 0.2) is 0 Å². The normalized spacial score (nSPS) is 12.3. The first-order valence-corrected chi connectivity index (χ1v) is 3.38. The predicted molar refractivity (Wildman–Crippen MR) is 44.9 cm³/mol. The molecule has 76 valence electrons. The molecule has 0 amide bonds. The molecule has 0 fully saturated rings. The van der Waals surface area contributed by atoms with Crippen molar-refractivity contribution in [1.29, 1.82) is 0 Å². The van der Waals surface area contributed by atoms with Crippen LogP contribution in [0.25, 0.3) is 0 Å². The second kappa shape index (κ2) is 7.41. The van der Waals surface area contributed by atoms with E-state index in [0.717, 1.165) is 0 Å². The molecular formula is C8H8O6. The van der Waals surface area contributed by atoms with Crippen LogP contribution in [0.1, 0.15) is 0 Å². The van der Waals surface area contributed by atoms with Crippen LogP contribution in [0, 0.1) is 0 Å². The van der Waals surface area contributed by atoms with Gasteiger partial charge >= 0.3 is 11.9 Å². The molecule has 0 bridgehead atoms. The number of ether oxygens (including phenoxy) is 2. The maximum Gasteiger partial charge on any atom is 0.328 e. The number of carboxylic acids is 2. The number of carbonyl (C=O) groups is 2. The Labute approximate surface area is 79.4 Å². The third kappa shape index (κ3) is 9.76. The number of hydrogen-bond donors (Lipinski definition) is 2. The second-order valence-electron chi connectivity index (χ2n) is 1.83. The van der Waals surface area contributed by atoms with Crippen molar-refractivity contribution >= 4 is 11.9 Å². The zero-order valence-corrected chi connectivity index (χ0v) is 6.99. The summed E-state index contributed by atoms with van der Waals surface area (Å²) in [6.45, 7) is 0. The fourth-order valence-electron chi connectivity index (χ4n) is 0.362. The van der Waals surface area contributed by atoms with E-state index in [0.29, 0.717) is 12.2 Å². The molecule has 0 radical (unpaired) electrons. The van der Waals surface area contributed by atoms with Crippen LogP contribution in [0.15, 0.2) is 37.2 Å². The summed E-state index contributed by atoms with van der Waals surface area (Å²) in [5, 5.41) is 15.6. The highest BCUT2D eigenvalue weighted by atomic mass is 16.5. The van der Waals surface area contributed by atoms with Crippen LogP contribution in [0.3, 0.4) is 0 Å². The van der Waals surface area contributed by atoms with Crippen LogP contribution in [0.5, 0.6) is 0 Å². The van der Waals surface area contributed by atoms with Gasteiger partial charge in [-0.05, 0) is 0 Å². The highest BCUT2D eigenvalue weighted by Gasteiger charge is 1.88. The summed E-state index contributed by atoms with van der Waals surface area (Å²) >= 11 is 0. The third-order valence-electron chi connectivity index (χ3n) is 0.794. The quantitative estimate of drug-likeness (QED) is 0.637. The lowest BCUT2D eigenvalue weighted by Crippen LogP contribution is -1.91. The van der Waals surface area contributed by atoms with Crippen LogP contribution in [0.4, 0.5) is 0 Å². The lowest BCUT2D eigenvalue weighted by molar-refractivity contribution is -0.134. The highest BCUT2D eigenvalue weighted by molar-refractivity contribution is 5.89. The Bertz CT molecular complexity index is 240. The van der Waals surface area contributed by atoms with Gasteiger partial charge < -0.3 is 19.7 Å². The summed E-state index contributed by atoms with van der Waals surface area (Å²) in [6, 6.07) is 0. The zero-order chi connectivity index (χ0) is 10.8. The van der Waals surface area contributed by atoms with Crippen LogP contribution in [-0.4, -0.2) is 22.2 Å². The predicted octanol–water partition coefficient (Wildman–Crippen LogP) is 0.687. The van der Waals surface area contributed by atoms with E-state index in [1.54, 1.807) is 0 Å². The Hall–Kier alpha value is -2.24. The molecule has 2 N–H and O–H groups in total. The first-order chi connectivity index (χ1) is 6.63. The topological polar surface area (TPSA) is 93.1 Å². The van der Waals surface area contributed by atoms with Gasteiger partial charge in [-0.25, -0.2) is 9.59 Å². The molecule has 1 aliphatic heterocycles. The van der Waals surface area contributed by atoms with Crippen molar-refractivity contribution in [3.05, 3.63) is 37.2 Å². The van der Waals surface area contributed by atoms with Crippen molar-refractivity contribution in [3.63, 3.8) is 0 Å². The van der Waals surface area contributed by atoms with E-state index in [-0.39, 0.29) is 0 Å². The summed E-state index contributed by atoms with van der Waals surface area (Å²) in [5.74, 6) is -2.51. The summed E-state index contributed by atoms with van der Waals surface area (Å²) in [6.07, 6.45) is 6.95. The average molecular weight is 200 g/mol. The molecule has 0 aromatic heterocycles. The number of rotatable bonds is 2. The molecule has 0 saturated heterocycles. The first-order valence-electron chi connectivity index (χ1n) is 3.38. The molecule has 0 aromatic carbocycles. The van der Waals surface area contributed by atoms with Gasteiger partial charge in [0.1, 0.15) is 25.0 Å². The molecule has 0 saturated carbocycles. The molecule has 0 unspecified atom stereocenters. The number of aliphatic carboxylic acids is 2. The SMILES string of the molecule is C1=COC=CO1.O=C(O)/C=C\C(=O)O. The van der Waals surface area contributed by atoms with Crippen molar-refractivity contribution in [3.8, 4) is 0 Å². The molecule has 0 aliphatic carbocycles. The summed E-state index contributed by atoms with van der Waals surface area (Å²) in [5.41, 5.74) is 0. The molecule has 0 spiro atoms. The standard InChI is InChI=1S/C4H4O4.C4H4O2/c5-3(6)1-2-4(7)8;1-2-6-4-3-5-1/h1-2H,(H,5,6)(H,7,8);1-4H/b2-1-;. The molecule has 14 heavy (non-hydrogen) atoms. The maximum absolute atomic E-state index is 9.55. The first kappa shape index (κ1) is 11.8. The van der Waals surface area contributed by atoms with Crippen LogP contribution >= 0.6 is 0 Å². The van der Waals surface area contributed by atoms with Gasteiger partial charge in [0.25, 0.3) is 0 Å². The van der Waals surface area contributed by atoms with Crippen LogP contribution in [-0.2, 0) is 19.1 Å². The summed E-state index contributed by atoms with van der Waals surface area (Å²) in [4.78, 5) is 19.1. The minimum absolute atomic E-state index is 0.558. The monoisotopic (exact) mass is 200 g/mol. The lowest BCUT2D eigenvalue weighted by atomic mass is 10.5. The summed E-state index contributed by atoms with van der Waals surface area (Å²) in [7, 11) is 0. The van der Waals surface area contributed by atoms with Gasteiger partial charge in [-0.3, -0.25) is 0 Å². The summed E-state index contributed by atoms with van der Waals surface area (Å²) < 4.78 is 9.17. The van der Waals surface area contributed by atoms with Gasteiger partial charge in [0, 0.05) is 12.2 Å². The minimum atomic E-state index is -1.26. The fourth-order valence-corrected chi connectivity index (χ4v) is 0.362. The molecular weight excluding hydrogens is 192 g/mol. The van der Waals surface area contributed by atoms with E-state index >= 15 is 0 Å². The van der Waals surface area contributed by atoms with Crippen molar-refractivity contribution in [2.75, 3.05) is 0 Å². The molecule has 6 heteroatoms. The minimum Gasteiger partial charge on any atom is -0.478 e. The Morgan fingerprint density at radius 3 is 1.29 bits per heavy atom. The largest absolute Gasteiger partial charge is 0.478 e. The van der Waals surface area contributed by atoms with Crippen molar-refractivity contribution < 1.29 is 29.3 Å². The van der Waals surface area contributed by atoms with Crippen LogP contribution in [0.2, 0.25) is 0 Å². The zero-order valence-electron chi connectivity index (χ0n) is 6.99. The Kier molecular flexibility index (Phi) is 6.23. The van der Waals surface area contributed by atoms with Gasteiger partial charge in [0.05, 0.1) is 0 Å². The highest BCUT2D eigenvalue weighted by Crippen LogP contribution is 1.89. The molecule has 0 aromatic rings. The van der Waals surface area contributed by atoms with E-state index in [4.69, 9.17) is 10.2 Å². The van der Waals surface area contributed by atoms with Gasteiger partial charge in [-0.1, -0.05) is 0 Å². The fraction of sp³-hybridized carbons (Fsp3) is 0. The van der Waals surface area contributed by atoms with E-state index < -0.39 is 11.9 Å². The van der Waals surface area contributed by atoms with Gasteiger partial charge in [-0.15, -0.1) is 0 Å². The molecule has 6 nitrogen and oxygen atoms in total. The molecule has 1 aliphatic rings. The Balaban J connectivity index is 0.000000249.